The summed E-state index contributed by atoms with van der Waals surface area (Å²) in [6.45, 7) is -1.21. The van der Waals surface area contributed by atoms with Gasteiger partial charge >= 0.3 is 12.4 Å². The largest absolute Gasteiger partial charge is 0.493 e. The first kappa shape index (κ1) is 27.2. The number of hydrogen-bond donors (Lipinski definition) is 3. The lowest BCUT2D eigenvalue weighted by Gasteiger charge is -2.24. The summed E-state index contributed by atoms with van der Waals surface area (Å²) < 4.78 is 84.4. The Labute approximate surface area is 191 Å². The van der Waals surface area contributed by atoms with Crippen molar-refractivity contribution in [1.29, 1.82) is 0 Å². The van der Waals surface area contributed by atoms with Crippen LogP contribution in [0.15, 0.2) is 36.4 Å². The Hall–Kier alpha value is -2.01. The number of nitrogens with two attached hydrogens (primary N) is 1. The van der Waals surface area contributed by atoms with Gasteiger partial charge in [-0.15, -0.1) is 0 Å². The Morgan fingerprint density at radius 2 is 1.55 bits per heavy atom. The topological polar surface area (TPSA) is 75.7 Å². The highest BCUT2D eigenvalue weighted by atomic mass is 35.5. The van der Waals surface area contributed by atoms with E-state index in [1.165, 1.54) is 6.07 Å². The molecule has 0 radical (unpaired) electrons. The predicted molar refractivity (Wildman–Crippen MR) is 111 cm³/mol. The first-order valence-electron chi connectivity index (χ1n) is 9.98. The van der Waals surface area contributed by atoms with E-state index in [0.717, 1.165) is 30.3 Å². The maximum atomic E-state index is 13.5. The molecule has 2 aromatic rings. The molecule has 2 aromatic carbocycles. The van der Waals surface area contributed by atoms with Crippen LogP contribution in [0.1, 0.15) is 35.1 Å². The second-order valence-corrected chi connectivity index (χ2v) is 8.17. The minimum Gasteiger partial charge on any atom is -0.493 e. The molecule has 0 unspecified atom stereocenters. The van der Waals surface area contributed by atoms with Crippen LogP contribution >= 0.6 is 11.6 Å². The van der Waals surface area contributed by atoms with Crippen molar-refractivity contribution >= 4 is 11.6 Å². The van der Waals surface area contributed by atoms with Gasteiger partial charge in [0.05, 0.1) is 36.5 Å². The average Bonchev–Trinajstić information content (AvgIpc) is 2.75. The lowest BCUT2D eigenvalue weighted by molar-refractivity contribution is -0.139. The van der Waals surface area contributed by atoms with E-state index in [9.17, 15) is 36.6 Å². The molecule has 0 aliphatic carbocycles. The van der Waals surface area contributed by atoms with Crippen molar-refractivity contribution in [2.45, 2.75) is 43.6 Å². The van der Waals surface area contributed by atoms with Gasteiger partial charge < -0.3 is 20.7 Å². The van der Waals surface area contributed by atoms with E-state index < -0.39 is 48.0 Å². The summed E-state index contributed by atoms with van der Waals surface area (Å²) in [6.07, 6.45) is -8.85. The zero-order valence-electron chi connectivity index (χ0n) is 17.4. The van der Waals surface area contributed by atoms with Gasteiger partial charge in [-0.1, -0.05) is 17.7 Å². The minimum absolute atomic E-state index is 0.0647. The molecule has 0 saturated carbocycles. The van der Waals surface area contributed by atoms with Crippen LogP contribution in [0.2, 0.25) is 5.02 Å². The number of hydrogen-bond acceptors (Lipinski definition) is 4. The van der Waals surface area contributed by atoms with Crippen molar-refractivity contribution in [3.63, 3.8) is 0 Å². The number of benzene rings is 2. The van der Waals surface area contributed by atoms with Gasteiger partial charge in [0.1, 0.15) is 5.75 Å². The van der Waals surface area contributed by atoms with Gasteiger partial charge in [-0.25, -0.2) is 0 Å². The van der Waals surface area contributed by atoms with Gasteiger partial charge in [-0.2, -0.15) is 26.3 Å². The van der Waals surface area contributed by atoms with E-state index in [1.54, 1.807) is 0 Å². The lowest BCUT2D eigenvalue weighted by Crippen LogP contribution is -2.47. The van der Waals surface area contributed by atoms with Gasteiger partial charge in [-0.05, 0) is 67.1 Å². The molecule has 0 bridgehead atoms. The quantitative estimate of drug-likeness (QED) is 0.317. The highest BCUT2D eigenvalue weighted by Gasteiger charge is 2.35. The Morgan fingerprint density at radius 1 is 0.879 bits per heavy atom. The zero-order chi connectivity index (χ0) is 24.9. The minimum atomic E-state index is -4.70. The van der Waals surface area contributed by atoms with E-state index in [2.05, 4.69) is 0 Å². The molecule has 0 fully saturated rings. The Morgan fingerprint density at radius 3 is 2.12 bits per heavy atom. The Balaban J connectivity index is 2.06. The van der Waals surface area contributed by atoms with Gasteiger partial charge in [0.25, 0.3) is 0 Å². The summed E-state index contributed by atoms with van der Waals surface area (Å²) in [6, 6.07) is 6.39. The van der Waals surface area contributed by atoms with Crippen LogP contribution in [-0.4, -0.2) is 35.6 Å². The molecule has 2 rings (SSSR count). The molecule has 0 heterocycles. The summed E-state index contributed by atoms with van der Waals surface area (Å²) in [5, 5.41) is 18.6. The van der Waals surface area contributed by atoms with Gasteiger partial charge in [0.2, 0.25) is 0 Å². The molecular formula is C22H24ClF6NO3. The van der Waals surface area contributed by atoms with Crippen LogP contribution in [0.5, 0.6) is 5.75 Å². The molecule has 33 heavy (non-hydrogen) atoms. The summed E-state index contributed by atoms with van der Waals surface area (Å²) in [7, 11) is 0. The molecule has 0 atom stereocenters. The van der Waals surface area contributed by atoms with Crippen LogP contribution in [0.4, 0.5) is 26.3 Å². The molecule has 184 valence electrons. The fourth-order valence-corrected chi connectivity index (χ4v) is 3.28. The van der Waals surface area contributed by atoms with E-state index in [1.807, 2.05) is 0 Å². The summed E-state index contributed by atoms with van der Waals surface area (Å²) in [5.41, 5.74) is 3.09. The molecule has 4 nitrogen and oxygen atoms in total. The van der Waals surface area contributed by atoms with E-state index >= 15 is 0 Å². The summed E-state index contributed by atoms with van der Waals surface area (Å²) in [4.78, 5) is 0. The van der Waals surface area contributed by atoms with E-state index in [0.29, 0.717) is 5.56 Å². The van der Waals surface area contributed by atoms with Crippen LogP contribution in [0, 0.1) is 0 Å². The van der Waals surface area contributed by atoms with Crippen molar-refractivity contribution in [2.24, 2.45) is 5.73 Å². The zero-order valence-corrected chi connectivity index (χ0v) is 18.2. The van der Waals surface area contributed by atoms with Crippen LogP contribution in [-0.2, 0) is 25.2 Å². The van der Waals surface area contributed by atoms with Gasteiger partial charge in [0, 0.05) is 5.02 Å². The van der Waals surface area contributed by atoms with E-state index in [4.69, 9.17) is 22.1 Å². The normalized spacial score (nSPS) is 12.8. The summed E-state index contributed by atoms with van der Waals surface area (Å²) in [5.74, 6) is -0.412. The number of aliphatic hydroxyl groups excluding tert-OH is 2. The summed E-state index contributed by atoms with van der Waals surface area (Å²) >= 11 is 5.93. The fraction of sp³-hybridized carbons (Fsp3) is 0.455. The molecular weight excluding hydrogens is 476 g/mol. The highest BCUT2D eigenvalue weighted by Crippen LogP contribution is 2.37. The van der Waals surface area contributed by atoms with Crippen molar-refractivity contribution < 1.29 is 41.3 Å². The molecule has 0 spiro atoms. The number of ether oxygens (including phenoxy) is 1. The molecule has 11 heteroatoms. The van der Waals surface area contributed by atoms with Crippen molar-refractivity contribution in [3.05, 3.63) is 63.7 Å². The van der Waals surface area contributed by atoms with Crippen LogP contribution in [0.3, 0.4) is 0 Å². The highest BCUT2D eigenvalue weighted by molar-refractivity contribution is 6.31. The number of aliphatic hydroxyl groups is 2. The maximum absolute atomic E-state index is 13.5. The molecule has 4 N–H and O–H groups in total. The average molecular weight is 500 g/mol. The van der Waals surface area contributed by atoms with E-state index in [-0.39, 0.29) is 42.9 Å². The number of rotatable bonds is 10. The fourth-order valence-electron chi connectivity index (χ4n) is 3.07. The Kier molecular flexibility index (Phi) is 9.03. The SMILES string of the molecule is NC(CO)(CO)CCc1ccc(OCCCc2cc(C(F)(F)F)ccc2Cl)c(C(F)(F)F)c1. The second-order valence-electron chi connectivity index (χ2n) is 7.76. The second kappa shape index (κ2) is 10.9. The third kappa shape index (κ3) is 7.77. The van der Waals surface area contributed by atoms with Gasteiger partial charge in [-0.3, -0.25) is 0 Å². The lowest BCUT2D eigenvalue weighted by atomic mass is 9.93. The maximum Gasteiger partial charge on any atom is 0.419 e. The Bertz CT molecular complexity index is 929. The monoisotopic (exact) mass is 499 g/mol. The third-order valence-corrected chi connectivity index (χ3v) is 5.48. The predicted octanol–water partition coefficient (Wildman–Crippen LogP) is 5.00. The smallest absolute Gasteiger partial charge is 0.419 e. The molecule has 0 saturated heterocycles. The van der Waals surface area contributed by atoms with Crippen molar-refractivity contribution in [3.8, 4) is 5.75 Å². The number of halogens is 7. The van der Waals surface area contributed by atoms with Crippen molar-refractivity contribution in [2.75, 3.05) is 19.8 Å². The number of aryl methyl sites for hydroxylation is 2. The molecule has 0 aliphatic rings. The third-order valence-electron chi connectivity index (χ3n) is 5.11. The standard InChI is InChI=1S/C22H24ClF6NO3/c23-18-5-4-16(21(24,25)26)11-15(18)2-1-9-33-19-6-3-14(10-17(19)22(27,28)29)7-8-20(30,12-31)13-32/h3-6,10-11,31-32H,1-2,7-9,12-13,30H2. The molecule has 0 aliphatic heterocycles. The van der Waals surface area contributed by atoms with Gasteiger partial charge in [0.15, 0.2) is 0 Å². The number of alkyl halides is 6. The van der Waals surface area contributed by atoms with Crippen LogP contribution in [0.25, 0.3) is 0 Å². The first-order valence-corrected chi connectivity index (χ1v) is 10.4. The van der Waals surface area contributed by atoms with Crippen molar-refractivity contribution in [1.82, 2.24) is 0 Å². The molecule has 0 aromatic heterocycles. The van der Waals surface area contributed by atoms with Crippen LogP contribution < -0.4 is 10.5 Å². The first-order chi connectivity index (χ1) is 15.3. The molecule has 0 amide bonds.